The van der Waals surface area contributed by atoms with Crippen molar-refractivity contribution in [2.75, 3.05) is 0 Å². The van der Waals surface area contributed by atoms with E-state index in [1.54, 1.807) is 13.8 Å². The summed E-state index contributed by atoms with van der Waals surface area (Å²) in [5.74, 6) is -0.475. The van der Waals surface area contributed by atoms with E-state index in [9.17, 15) is 4.39 Å². The third kappa shape index (κ3) is 2.65. The zero-order valence-corrected chi connectivity index (χ0v) is 6.95. The van der Waals surface area contributed by atoms with E-state index in [2.05, 4.69) is 12.2 Å². The lowest BCUT2D eigenvalue weighted by atomic mass is 10.2. The number of hydrogen-bond acceptors (Lipinski definition) is 1. The van der Waals surface area contributed by atoms with Crippen molar-refractivity contribution in [2.45, 2.75) is 45.4 Å². The Morgan fingerprint density at radius 2 is 2.00 bits per heavy atom. The number of rotatable bonds is 3. The minimum Gasteiger partial charge on any atom is -0.283 e. The Morgan fingerprint density at radius 1 is 1.50 bits per heavy atom. The molecule has 0 aromatic rings. The predicted octanol–water partition coefficient (Wildman–Crippen LogP) is 2.08. The molecule has 1 aliphatic carbocycles. The van der Waals surface area contributed by atoms with E-state index in [-0.39, 0.29) is 0 Å². The first-order chi connectivity index (χ1) is 4.49. The highest BCUT2D eigenvalue weighted by molar-refractivity contribution is 4.85. The van der Waals surface area contributed by atoms with Crippen LogP contribution in [0.2, 0.25) is 0 Å². The molecular formula is C8H16FN. The van der Waals surface area contributed by atoms with Gasteiger partial charge in [0.2, 0.25) is 0 Å². The lowest BCUT2D eigenvalue weighted by Crippen LogP contribution is -2.42. The van der Waals surface area contributed by atoms with E-state index in [1.807, 2.05) is 0 Å². The molecule has 0 saturated heterocycles. The van der Waals surface area contributed by atoms with Gasteiger partial charge in [0.1, 0.15) is 0 Å². The largest absolute Gasteiger partial charge is 0.283 e. The monoisotopic (exact) mass is 145 g/mol. The number of hydrogen-bond donors (Lipinski definition) is 1. The van der Waals surface area contributed by atoms with Crippen LogP contribution in [0, 0.1) is 5.92 Å². The van der Waals surface area contributed by atoms with Gasteiger partial charge in [-0.3, -0.25) is 5.32 Å². The van der Waals surface area contributed by atoms with Gasteiger partial charge in [0.25, 0.3) is 0 Å². The Hall–Kier alpha value is -0.110. The average Bonchev–Trinajstić information content (AvgIpc) is 2.35. The number of alkyl halides is 1. The van der Waals surface area contributed by atoms with E-state index in [4.69, 9.17) is 0 Å². The molecule has 0 aromatic carbocycles. The van der Waals surface area contributed by atoms with Gasteiger partial charge in [-0.25, -0.2) is 4.39 Å². The molecule has 1 N–H and O–H groups in total. The summed E-state index contributed by atoms with van der Waals surface area (Å²) in [7, 11) is 0. The molecule has 1 rings (SSSR count). The van der Waals surface area contributed by atoms with Gasteiger partial charge in [-0.05, 0) is 39.5 Å². The van der Waals surface area contributed by atoms with Gasteiger partial charge in [-0.2, -0.15) is 0 Å². The van der Waals surface area contributed by atoms with Crippen LogP contribution in [0.4, 0.5) is 4.39 Å². The Labute approximate surface area is 62.0 Å². The van der Waals surface area contributed by atoms with Crippen LogP contribution in [-0.4, -0.2) is 11.8 Å². The quantitative estimate of drug-likeness (QED) is 0.599. The molecule has 10 heavy (non-hydrogen) atoms. The van der Waals surface area contributed by atoms with E-state index < -0.39 is 5.79 Å². The number of halogens is 1. The van der Waals surface area contributed by atoms with E-state index in [0.717, 1.165) is 5.92 Å². The van der Waals surface area contributed by atoms with Crippen molar-refractivity contribution in [1.29, 1.82) is 0 Å². The molecule has 0 aliphatic heterocycles. The SMILES string of the molecule is C[C@@H](NC(C)(C)F)C1CC1. The molecule has 1 nitrogen and oxygen atoms in total. The van der Waals surface area contributed by atoms with Crippen molar-refractivity contribution in [3.05, 3.63) is 0 Å². The van der Waals surface area contributed by atoms with Crippen LogP contribution < -0.4 is 5.32 Å². The third-order valence-corrected chi connectivity index (χ3v) is 1.90. The van der Waals surface area contributed by atoms with Crippen LogP contribution in [0.5, 0.6) is 0 Å². The van der Waals surface area contributed by atoms with Crippen molar-refractivity contribution in [3.63, 3.8) is 0 Å². The second kappa shape index (κ2) is 2.50. The number of nitrogens with one attached hydrogen (secondary N) is 1. The highest BCUT2D eigenvalue weighted by atomic mass is 19.1. The summed E-state index contributed by atoms with van der Waals surface area (Å²) in [6, 6.07) is 0.347. The predicted molar refractivity (Wildman–Crippen MR) is 40.5 cm³/mol. The van der Waals surface area contributed by atoms with Crippen molar-refractivity contribution < 1.29 is 4.39 Å². The van der Waals surface area contributed by atoms with Crippen LogP contribution in [-0.2, 0) is 0 Å². The van der Waals surface area contributed by atoms with Crippen molar-refractivity contribution in [3.8, 4) is 0 Å². The molecule has 0 amide bonds. The van der Waals surface area contributed by atoms with Crippen LogP contribution in [0.15, 0.2) is 0 Å². The van der Waals surface area contributed by atoms with Gasteiger partial charge in [-0.15, -0.1) is 0 Å². The minimum absolute atomic E-state index is 0.347. The first kappa shape index (κ1) is 7.99. The standard InChI is InChI=1S/C8H16FN/c1-6(7-4-5-7)10-8(2,3)9/h6-7,10H,4-5H2,1-3H3/t6-/m1/s1. The van der Waals surface area contributed by atoms with Crippen molar-refractivity contribution in [1.82, 2.24) is 5.32 Å². The molecule has 0 radical (unpaired) electrons. The molecule has 60 valence electrons. The summed E-state index contributed by atoms with van der Waals surface area (Å²) in [4.78, 5) is 0. The average molecular weight is 145 g/mol. The second-order valence-electron chi connectivity index (χ2n) is 3.74. The van der Waals surface area contributed by atoms with Gasteiger partial charge in [-0.1, -0.05) is 0 Å². The fraction of sp³-hybridized carbons (Fsp3) is 1.00. The Kier molecular flexibility index (Phi) is 1.99. The molecule has 1 aliphatic rings. The molecule has 1 atom stereocenters. The summed E-state index contributed by atoms with van der Waals surface area (Å²) >= 11 is 0. The van der Waals surface area contributed by atoms with E-state index >= 15 is 0 Å². The van der Waals surface area contributed by atoms with Gasteiger partial charge < -0.3 is 0 Å². The maximum Gasteiger partial charge on any atom is 0.156 e. The first-order valence-electron chi connectivity index (χ1n) is 3.95. The third-order valence-electron chi connectivity index (χ3n) is 1.90. The molecule has 0 spiro atoms. The summed E-state index contributed by atoms with van der Waals surface area (Å²) < 4.78 is 12.9. The molecule has 0 unspecified atom stereocenters. The van der Waals surface area contributed by atoms with Gasteiger partial charge in [0.15, 0.2) is 5.79 Å². The molecule has 0 heterocycles. The van der Waals surface area contributed by atoms with Crippen molar-refractivity contribution >= 4 is 0 Å². The maximum atomic E-state index is 12.9. The van der Waals surface area contributed by atoms with Gasteiger partial charge in [0, 0.05) is 6.04 Å². The maximum absolute atomic E-state index is 12.9. The highest BCUT2D eigenvalue weighted by Crippen LogP contribution is 2.33. The van der Waals surface area contributed by atoms with E-state index in [0.29, 0.717) is 6.04 Å². The minimum atomic E-state index is -1.21. The zero-order chi connectivity index (χ0) is 7.78. The molecule has 0 aromatic heterocycles. The fourth-order valence-corrected chi connectivity index (χ4v) is 1.26. The summed E-state index contributed by atoms with van der Waals surface area (Å²) in [5.41, 5.74) is 0. The Bertz CT molecular complexity index is 113. The lowest BCUT2D eigenvalue weighted by Gasteiger charge is -2.21. The van der Waals surface area contributed by atoms with Crippen LogP contribution >= 0.6 is 0 Å². The van der Waals surface area contributed by atoms with E-state index in [1.165, 1.54) is 12.8 Å². The summed E-state index contributed by atoms with van der Waals surface area (Å²) in [5, 5.41) is 2.91. The summed E-state index contributed by atoms with van der Waals surface area (Å²) in [6.45, 7) is 5.18. The molecule has 1 fully saturated rings. The molecule has 0 bridgehead atoms. The van der Waals surface area contributed by atoms with Crippen LogP contribution in [0.25, 0.3) is 0 Å². The smallest absolute Gasteiger partial charge is 0.156 e. The van der Waals surface area contributed by atoms with Crippen LogP contribution in [0.3, 0.4) is 0 Å². The lowest BCUT2D eigenvalue weighted by molar-refractivity contribution is 0.141. The van der Waals surface area contributed by atoms with Crippen LogP contribution in [0.1, 0.15) is 33.6 Å². The fourth-order valence-electron chi connectivity index (χ4n) is 1.26. The molecule has 2 heteroatoms. The Balaban J connectivity index is 2.23. The van der Waals surface area contributed by atoms with Crippen molar-refractivity contribution in [2.24, 2.45) is 5.92 Å². The molecular weight excluding hydrogens is 129 g/mol. The zero-order valence-electron chi connectivity index (χ0n) is 6.95. The Morgan fingerprint density at radius 3 is 2.30 bits per heavy atom. The molecule has 1 saturated carbocycles. The van der Waals surface area contributed by atoms with Gasteiger partial charge in [0.05, 0.1) is 0 Å². The topological polar surface area (TPSA) is 12.0 Å². The van der Waals surface area contributed by atoms with Gasteiger partial charge >= 0.3 is 0 Å². The first-order valence-corrected chi connectivity index (χ1v) is 3.95. The normalized spacial score (nSPS) is 22.8. The summed E-state index contributed by atoms with van der Waals surface area (Å²) in [6.07, 6.45) is 2.54. The second-order valence-corrected chi connectivity index (χ2v) is 3.74. The highest BCUT2D eigenvalue weighted by Gasteiger charge is 2.31.